The number of thiazole rings is 1. The Morgan fingerprint density at radius 1 is 1.33 bits per heavy atom. The summed E-state index contributed by atoms with van der Waals surface area (Å²) in [4.78, 5) is 10.2. The van der Waals surface area contributed by atoms with Crippen molar-refractivity contribution in [2.75, 3.05) is 30.4 Å². The van der Waals surface area contributed by atoms with Gasteiger partial charge in [0.2, 0.25) is 5.82 Å². The van der Waals surface area contributed by atoms with E-state index in [1.54, 1.807) is 18.4 Å². The van der Waals surface area contributed by atoms with Crippen LogP contribution in [0.2, 0.25) is 0 Å². The number of benzene rings is 1. The fraction of sp³-hybridized carbons (Fsp3) is 0.412. The van der Waals surface area contributed by atoms with Crippen molar-refractivity contribution in [3.8, 4) is 5.75 Å². The second kappa shape index (κ2) is 8.01. The Bertz CT molecular complexity index is 694. The molecule has 2 heterocycles. The molecular weight excluding hydrogens is 322 g/mol. The molecule has 0 unspecified atom stereocenters. The first-order valence-corrected chi connectivity index (χ1v) is 9.09. The predicted molar refractivity (Wildman–Crippen MR) is 98.9 cm³/mol. The average Bonchev–Trinajstić information content (AvgIpc) is 3.09. The van der Waals surface area contributed by atoms with Gasteiger partial charge < -0.3 is 10.5 Å². The number of anilines is 2. The summed E-state index contributed by atoms with van der Waals surface area (Å²) >= 11 is 1.61. The third-order valence-corrected chi connectivity index (χ3v) is 4.86. The predicted octanol–water partition coefficient (Wildman–Crippen LogP) is 2.49. The largest absolute Gasteiger partial charge is 0.496 e. The van der Waals surface area contributed by atoms with E-state index in [1.165, 1.54) is 19.3 Å². The number of ether oxygens (including phenoxy) is 1. The molecule has 0 bridgehead atoms. The van der Waals surface area contributed by atoms with Gasteiger partial charge in [-0.25, -0.2) is 15.3 Å². The highest BCUT2D eigenvalue weighted by molar-refractivity contribution is 7.13. The Morgan fingerprint density at radius 2 is 2.12 bits per heavy atom. The van der Waals surface area contributed by atoms with Crippen molar-refractivity contribution >= 4 is 28.2 Å². The number of para-hydroxylation sites is 1. The molecule has 0 amide bonds. The van der Waals surface area contributed by atoms with E-state index in [0.717, 1.165) is 35.4 Å². The number of aromatic amines is 1. The number of nitrogens with two attached hydrogens (primary N) is 1. The summed E-state index contributed by atoms with van der Waals surface area (Å²) in [6.07, 6.45) is 3.85. The smallest absolute Gasteiger partial charge is 0.285 e. The molecule has 0 aliphatic carbocycles. The number of hydrogen-bond acceptors (Lipinski definition) is 4. The number of aromatic nitrogens is 1. The van der Waals surface area contributed by atoms with Gasteiger partial charge >= 0.3 is 0 Å². The quantitative estimate of drug-likeness (QED) is 0.644. The molecule has 0 saturated carbocycles. The van der Waals surface area contributed by atoms with Crippen LogP contribution in [-0.4, -0.2) is 26.2 Å². The molecule has 0 atom stereocenters. The summed E-state index contributed by atoms with van der Waals surface area (Å²) in [5, 5.41) is 6.16. The Labute approximate surface area is 146 Å². The van der Waals surface area contributed by atoms with E-state index in [9.17, 15) is 0 Å². The van der Waals surface area contributed by atoms with Crippen LogP contribution in [0.15, 0.2) is 34.6 Å². The van der Waals surface area contributed by atoms with Crippen LogP contribution in [-0.2, 0) is 6.54 Å². The zero-order valence-electron chi connectivity index (χ0n) is 13.9. The SMILES string of the molecule is COc1ccccc1CN=C(N)Nc1[nH+]c(N2CCCCC2)cs1. The van der Waals surface area contributed by atoms with Crippen LogP contribution in [0.5, 0.6) is 5.75 Å². The van der Waals surface area contributed by atoms with Crippen LogP contribution < -0.4 is 25.7 Å². The normalized spacial score (nSPS) is 15.4. The molecule has 1 aliphatic heterocycles. The molecule has 3 rings (SSSR count). The van der Waals surface area contributed by atoms with Gasteiger partial charge in [-0.05, 0) is 25.3 Å². The maximum atomic E-state index is 6.00. The van der Waals surface area contributed by atoms with Crippen molar-refractivity contribution in [1.82, 2.24) is 0 Å². The van der Waals surface area contributed by atoms with Crippen LogP contribution in [0.25, 0.3) is 0 Å². The number of aliphatic imine (C=N–C) groups is 1. The summed E-state index contributed by atoms with van der Waals surface area (Å²) in [5.41, 5.74) is 7.01. The van der Waals surface area contributed by atoms with E-state index in [2.05, 4.69) is 25.6 Å². The number of hydrogen-bond donors (Lipinski definition) is 2. The molecule has 1 aromatic carbocycles. The third-order valence-electron chi connectivity index (χ3n) is 4.08. The summed E-state index contributed by atoms with van der Waals surface area (Å²) in [6, 6.07) is 7.82. The minimum absolute atomic E-state index is 0.393. The second-order valence-corrected chi connectivity index (χ2v) is 6.64. The minimum Gasteiger partial charge on any atom is -0.496 e. The van der Waals surface area contributed by atoms with E-state index in [1.807, 2.05) is 24.3 Å². The van der Waals surface area contributed by atoms with Gasteiger partial charge in [0, 0.05) is 5.56 Å². The van der Waals surface area contributed by atoms with E-state index >= 15 is 0 Å². The van der Waals surface area contributed by atoms with E-state index in [0.29, 0.717) is 12.5 Å². The molecule has 128 valence electrons. The van der Waals surface area contributed by atoms with Crippen LogP contribution >= 0.6 is 11.3 Å². The van der Waals surface area contributed by atoms with Crippen molar-refractivity contribution in [2.45, 2.75) is 25.8 Å². The highest BCUT2D eigenvalue weighted by atomic mass is 32.1. The van der Waals surface area contributed by atoms with E-state index in [-0.39, 0.29) is 0 Å². The molecule has 4 N–H and O–H groups in total. The van der Waals surface area contributed by atoms with Crippen LogP contribution in [0.1, 0.15) is 24.8 Å². The average molecular weight is 346 g/mol. The van der Waals surface area contributed by atoms with E-state index < -0.39 is 0 Å². The molecule has 6 nitrogen and oxygen atoms in total. The summed E-state index contributed by atoms with van der Waals surface area (Å²) in [5.74, 6) is 2.37. The lowest BCUT2D eigenvalue weighted by Crippen LogP contribution is -2.34. The highest BCUT2D eigenvalue weighted by Crippen LogP contribution is 2.21. The number of nitrogens with one attached hydrogen (secondary N) is 2. The third kappa shape index (κ3) is 4.17. The number of methoxy groups -OCH3 is 1. The number of piperidine rings is 1. The molecule has 24 heavy (non-hydrogen) atoms. The van der Waals surface area contributed by atoms with Gasteiger partial charge in [0.25, 0.3) is 11.1 Å². The van der Waals surface area contributed by atoms with Gasteiger partial charge in [0.1, 0.15) is 5.75 Å². The Morgan fingerprint density at radius 3 is 2.92 bits per heavy atom. The highest BCUT2D eigenvalue weighted by Gasteiger charge is 2.18. The van der Waals surface area contributed by atoms with Crippen molar-refractivity contribution in [1.29, 1.82) is 0 Å². The lowest BCUT2D eigenvalue weighted by Gasteiger charge is -2.21. The lowest BCUT2D eigenvalue weighted by molar-refractivity contribution is -0.340. The molecule has 1 aliphatic rings. The van der Waals surface area contributed by atoms with Gasteiger partial charge in [-0.3, -0.25) is 4.90 Å². The first-order valence-electron chi connectivity index (χ1n) is 8.21. The molecule has 2 aromatic rings. The van der Waals surface area contributed by atoms with Crippen molar-refractivity contribution < 1.29 is 9.72 Å². The van der Waals surface area contributed by atoms with Crippen LogP contribution in [0.4, 0.5) is 10.9 Å². The first kappa shape index (κ1) is 16.6. The van der Waals surface area contributed by atoms with E-state index in [4.69, 9.17) is 10.5 Å². The zero-order valence-corrected chi connectivity index (χ0v) is 14.7. The summed E-state index contributed by atoms with van der Waals surface area (Å²) < 4.78 is 5.33. The second-order valence-electron chi connectivity index (χ2n) is 5.76. The van der Waals surface area contributed by atoms with Gasteiger partial charge in [0.05, 0.1) is 32.1 Å². The topological polar surface area (TPSA) is 77.0 Å². The van der Waals surface area contributed by atoms with Crippen molar-refractivity contribution in [3.63, 3.8) is 0 Å². The Balaban J connectivity index is 1.60. The molecular formula is C17H24N5OS+. The molecule has 1 fully saturated rings. The number of rotatable bonds is 5. The molecule has 0 spiro atoms. The number of guanidine groups is 1. The van der Waals surface area contributed by atoms with Gasteiger partial charge in [-0.15, -0.1) is 0 Å². The molecule has 1 saturated heterocycles. The lowest BCUT2D eigenvalue weighted by atomic mass is 10.1. The standard InChI is InChI=1S/C17H23N5OS/c1-23-14-8-4-3-7-13(14)11-19-16(18)21-17-20-15(12-24-17)22-9-5-2-6-10-22/h3-4,7-8,12H,2,5-6,9-11H2,1H3,(H3,18,19,20,21)/p+1. The van der Waals surface area contributed by atoms with Gasteiger partial charge in [-0.2, -0.15) is 0 Å². The minimum atomic E-state index is 0.393. The van der Waals surface area contributed by atoms with Gasteiger partial charge in [-0.1, -0.05) is 29.5 Å². The zero-order chi connectivity index (χ0) is 16.8. The first-order chi connectivity index (χ1) is 11.8. The van der Waals surface area contributed by atoms with Crippen LogP contribution in [0.3, 0.4) is 0 Å². The maximum absolute atomic E-state index is 6.00. The monoisotopic (exact) mass is 346 g/mol. The Kier molecular flexibility index (Phi) is 5.53. The Hall–Kier alpha value is -2.28. The summed E-state index contributed by atoms with van der Waals surface area (Å²) in [7, 11) is 1.66. The fourth-order valence-corrected chi connectivity index (χ4v) is 3.56. The maximum Gasteiger partial charge on any atom is 0.285 e. The number of nitrogens with zero attached hydrogens (tertiary/aromatic N) is 2. The van der Waals surface area contributed by atoms with Gasteiger partial charge in [0.15, 0.2) is 0 Å². The van der Waals surface area contributed by atoms with Crippen LogP contribution in [0, 0.1) is 0 Å². The molecule has 7 heteroatoms. The van der Waals surface area contributed by atoms with Crippen molar-refractivity contribution in [3.05, 3.63) is 35.2 Å². The van der Waals surface area contributed by atoms with Crippen molar-refractivity contribution in [2.24, 2.45) is 10.7 Å². The molecule has 1 aromatic heterocycles. The number of H-pyrrole nitrogens is 1. The molecule has 0 radical (unpaired) electrons. The fourth-order valence-electron chi connectivity index (χ4n) is 2.80. The summed E-state index contributed by atoms with van der Waals surface area (Å²) in [6.45, 7) is 2.71.